The van der Waals surface area contributed by atoms with Gasteiger partial charge in [0, 0.05) is 37.7 Å². The fraction of sp³-hybridized carbons (Fsp3) is 0.457. The maximum atomic E-state index is 17.7. The number of fused-ring (bicyclic) bond motifs is 7. The molecule has 1 N–H and O–H groups in total. The number of ether oxygens (including phenoxy) is 3. The zero-order valence-electron chi connectivity index (χ0n) is 34.6. The topological polar surface area (TPSA) is 119 Å². The van der Waals surface area contributed by atoms with Crippen LogP contribution in [0.2, 0.25) is 0 Å². The molecule has 320 valence electrons. The monoisotopic (exact) mass is 840 g/mol. The lowest BCUT2D eigenvalue weighted by Gasteiger charge is -2.42. The average Bonchev–Trinajstić information content (AvgIpc) is 3.73. The van der Waals surface area contributed by atoms with E-state index in [1.807, 2.05) is 32.9 Å². The number of halogens is 4. The summed E-state index contributed by atoms with van der Waals surface area (Å²) in [6.07, 6.45) is 0.287. The number of hydrogen-bond donors (Lipinski definition) is 1. The molecule has 3 fully saturated rings. The third-order valence-corrected chi connectivity index (χ3v) is 12.6. The van der Waals surface area contributed by atoms with Gasteiger partial charge in [-0.1, -0.05) is 45.0 Å². The Morgan fingerprint density at radius 3 is 2.66 bits per heavy atom. The molecule has 0 radical (unpaired) electrons. The van der Waals surface area contributed by atoms with Gasteiger partial charge in [0.05, 0.1) is 35.2 Å². The van der Waals surface area contributed by atoms with Crippen molar-refractivity contribution in [3.63, 3.8) is 0 Å². The number of hydrogen-bond acceptors (Lipinski definition) is 10. The number of esters is 1. The maximum Gasteiger partial charge on any atom is 0.407 e. The fourth-order valence-electron chi connectivity index (χ4n) is 9.91. The second kappa shape index (κ2) is 15.4. The van der Waals surface area contributed by atoms with E-state index in [9.17, 15) is 14.0 Å². The number of benzene rings is 3. The molecule has 2 aromatic heterocycles. The first-order valence-corrected chi connectivity index (χ1v) is 20.9. The number of alkyl halides is 2. The van der Waals surface area contributed by atoms with Gasteiger partial charge >= 0.3 is 18.1 Å². The van der Waals surface area contributed by atoms with Gasteiger partial charge in [-0.2, -0.15) is 9.97 Å². The zero-order chi connectivity index (χ0) is 42.8. The van der Waals surface area contributed by atoms with Gasteiger partial charge in [0.1, 0.15) is 47.5 Å². The van der Waals surface area contributed by atoms with Gasteiger partial charge in [-0.05, 0) is 90.7 Å². The van der Waals surface area contributed by atoms with Crippen LogP contribution in [0.3, 0.4) is 0 Å². The van der Waals surface area contributed by atoms with Gasteiger partial charge in [-0.3, -0.25) is 9.88 Å². The van der Waals surface area contributed by atoms with E-state index in [0.29, 0.717) is 29.3 Å². The van der Waals surface area contributed by atoms with Crippen LogP contribution < -0.4 is 19.7 Å². The predicted molar refractivity (Wildman–Crippen MR) is 222 cm³/mol. The van der Waals surface area contributed by atoms with E-state index in [0.717, 1.165) is 18.5 Å². The summed E-state index contributed by atoms with van der Waals surface area (Å²) in [5.74, 6) is -1.91. The van der Waals surface area contributed by atoms with Gasteiger partial charge < -0.3 is 24.4 Å². The number of rotatable bonds is 5. The number of anilines is 1. The molecule has 3 saturated heterocycles. The highest BCUT2D eigenvalue weighted by Crippen LogP contribution is 2.43. The van der Waals surface area contributed by atoms with Crippen LogP contribution in [0.15, 0.2) is 54.7 Å². The Bertz CT molecular complexity index is 2570. The zero-order valence-corrected chi connectivity index (χ0v) is 34.6. The molecule has 15 heteroatoms. The standard InChI is InChI=1S/C46H48F4N6O5/c1-44(2,3)34-11-6-5-9-30(34)41(57)61-29-17-26-12-13-35(49)31-10-7-16-59-43(58)54-45(4)19-27(47)22-55(24-45)40-33-21-51-38(32(18-29)36(26)31)37(50)39(33)52-42(53-40)60-25-46-14-8-15-56(46)23-28(48)20-46/h5-6,9,11-13,17-18,21,27-28H,7-8,10,14-16,19-20,22-25H2,1-4H3,(H,54,58)/t27-,28-,45-,46+/m1/s1. The molecule has 10 rings (SSSR count). The van der Waals surface area contributed by atoms with Crippen molar-refractivity contribution in [3.8, 4) is 23.0 Å². The van der Waals surface area contributed by atoms with Crippen molar-refractivity contribution in [3.05, 3.63) is 83.1 Å². The molecule has 5 aromatic rings. The van der Waals surface area contributed by atoms with Crippen LogP contribution in [-0.4, -0.2) is 94.7 Å². The third-order valence-electron chi connectivity index (χ3n) is 12.6. The molecule has 11 nitrogen and oxygen atoms in total. The van der Waals surface area contributed by atoms with Crippen molar-refractivity contribution in [2.24, 2.45) is 0 Å². The van der Waals surface area contributed by atoms with E-state index in [1.54, 1.807) is 30.0 Å². The number of alkyl carbamates (subject to hydrolysis) is 1. The molecule has 5 aliphatic rings. The second-order valence-electron chi connectivity index (χ2n) is 18.3. The van der Waals surface area contributed by atoms with Crippen LogP contribution in [0.1, 0.15) is 81.3 Å². The summed E-state index contributed by atoms with van der Waals surface area (Å²) in [7, 11) is 0. The van der Waals surface area contributed by atoms with Crippen LogP contribution in [-0.2, 0) is 16.6 Å². The first-order chi connectivity index (χ1) is 29.1. The van der Waals surface area contributed by atoms with E-state index in [-0.39, 0.29) is 103 Å². The van der Waals surface area contributed by atoms with Gasteiger partial charge in [-0.15, -0.1) is 0 Å². The molecule has 3 aromatic carbocycles. The molecule has 0 unspecified atom stereocenters. The number of pyridine rings is 1. The van der Waals surface area contributed by atoms with E-state index in [1.165, 1.54) is 24.4 Å². The molecular weight excluding hydrogens is 793 g/mol. The summed E-state index contributed by atoms with van der Waals surface area (Å²) in [5, 5.41) is 3.71. The molecule has 0 saturated carbocycles. The molecule has 61 heavy (non-hydrogen) atoms. The first-order valence-electron chi connectivity index (χ1n) is 20.9. The Kier molecular flexibility index (Phi) is 10.3. The molecule has 0 spiro atoms. The van der Waals surface area contributed by atoms with E-state index >= 15 is 13.2 Å². The molecule has 1 amide bonds. The average molecular weight is 841 g/mol. The number of piperidine rings is 1. The van der Waals surface area contributed by atoms with E-state index in [2.05, 4.69) is 20.2 Å². The molecule has 5 aliphatic heterocycles. The number of aromatic nitrogens is 3. The van der Waals surface area contributed by atoms with Crippen molar-refractivity contribution in [1.29, 1.82) is 0 Å². The van der Waals surface area contributed by atoms with Crippen LogP contribution in [0.4, 0.5) is 28.2 Å². The third kappa shape index (κ3) is 7.70. The summed E-state index contributed by atoms with van der Waals surface area (Å²) in [6, 6.07) is 12.8. The normalized spacial score (nSPS) is 24.5. The van der Waals surface area contributed by atoms with Crippen molar-refractivity contribution in [1.82, 2.24) is 25.2 Å². The van der Waals surface area contributed by atoms with Gasteiger partial charge in [0.15, 0.2) is 5.82 Å². The van der Waals surface area contributed by atoms with Gasteiger partial charge in [0.2, 0.25) is 0 Å². The molecular formula is C46H48F4N6O5. The summed E-state index contributed by atoms with van der Waals surface area (Å²) in [4.78, 5) is 44.7. The summed E-state index contributed by atoms with van der Waals surface area (Å²) in [6.45, 7) is 8.57. The van der Waals surface area contributed by atoms with Crippen molar-refractivity contribution >= 4 is 39.6 Å². The fourth-order valence-corrected chi connectivity index (χ4v) is 9.91. The van der Waals surface area contributed by atoms with E-state index in [4.69, 9.17) is 19.2 Å². The molecule has 7 heterocycles. The lowest BCUT2D eigenvalue weighted by atomic mass is 9.84. The maximum absolute atomic E-state index is 17.7. The van der Waals surface area contributed by atoms with Crippen LogP contribution in [0.25, 0.3) is 32.9 Å². The number of carbonyl (C=O) groups is 2. The highest BCUT2D eigenvalue weighted by molar-refractivity contribution is 6.03. The minimum absolute atomic E-state index is 0.0261. The molecule has 6 bridgehead atoms. The number of nitrogens with one attached hydrogen (secondary N) is 1. The largest absolute Gasteiger partial charge is 0.461 e. The number of nitrogens with zero attached hydrogens (tertiary/aromatic N) is 5. The van der Waals surface area contributed by atoms with Crippen molar-refractivity contribution in [2.75, 3.05) is 44.3 Å². The Morgan fingerprint density at radius 1 is 1.03 bits per heavy atom. The van der Waals surface area contributed by atoms with Crippen molar-refractivity contribution < 1.29 is 41.4 Å². The molecule has 0 aliphatic carbocycles. The first kappa shape index (κ1) is 40.8. The summed E-state index contributed by atoms with van der Waals surface area (Å²) < 4.78 is 82.0. The van der Waals surface area contributed by atoms with Crippen LogP contribution in [0, 0.1) is 11.6 Å². The second-order valence-corrected chi connectivity index (χ2v) is 18.3. The predicted octanol–water partition coefficient (Wildman–Crippen LogP) is 8.57. The highest BCUT2D eigenvalue weighted by Gasteiger charge is 2.49. The highest BCUT2D eigenvalue weighted by atomic mass is 19.1. The van der Waals surface area contributed by atoms with E-state index < -0.39 is 47.1 Å². The quantitative estimate of drug-likeness (QED) is 0.105. The SMILES string of the molecule is CC(C)(C)c1ccccc1C(=O)Oc1cc2c3c(c(F)ccc3c1)CCCOC(=O)N[C@]1(C)C[C@@H](F)CN(C1)c1nc(OC[C@@]34CCCN3C[C@H](F)C4)nc3c(F)c-2ncc13. The minimum atomic E-state index is -1.43. The lowest BCUT2D eigenvalue weighted by molar-refractivity contribution is 0.0732. The van der Waals surface area contributed by atoms with Crippen molar-refractivity contribution in [2.45, 2.75) is 95.1 Å². The van der Waals surface area contributed by atoms with Crippen LogP contribution >= 0.6 is 0 Å². The lowest BCUT2D eigenvalue weighted by Crippen LogP contribution is -2.60. The van der Waals surface area contributed by atoms with Gasteiger partial charge in [-0.25, -0.2) is 27.2 Å². The summed E-state index contributed by atoms with van der Waals surface area (Å²) in [5.41, 5.74) is -1.05. The number of amides is 1. The minimum Gasteiger partial charge on any atom is -0.461 e. The molecule has 4 atom stereocenters. The Morgan fingerprint density at radius 2 is 1.84 bits per heavy atom. The summed E-state index contributed by atoms with van der Waals surface area (Å²) >= 11 is 0. The van der Waals surface area contributed by atoms with Gasteiger partial charge in [0.25, 0.3) is 0 Å². The number of carbonyl (C=O) groups excluding carboxylic acids is 2. The smallest absolute Gasteiger partial charge is 0.407 e. The van der Waals surface area contributed by atoms with Crippen LogP contribution in [0.5, 0.6) is 11.8 Å². The Balaban J connectivity index is 1.22. The Labute approximate surface area is 350 Å². The Hall–Kier alpha value is -5.57. The number of aryl methyl sites for hydroxylation is 1.